The van der Waals surface area contributed by atoms with Crippen LogP contribution in [0.1, 0.15) is 5.82 Å². The van der Waals surface area contributed by atoms with Gasteiger partial charge in [0.05, 0.1) is 6.61 Å². The Morgan fingerprint density at radius 1 is 1.08 bits per heavy atom. The van der Waals surface area contributed by atoms with Crippen molar-refractivity contribution in [3.63, 3.8) is 0 Å². The Bertz CT molecular complexity index is 796. The van der Waals surface area contributed by atoms with Crippen LogP contribution >= 0.6 is 27.7 Å². The minimum Gasteiger partial charge on any atom is -0.486 e. The van der Waals surface area contributed by atoms with Crippen LogP contribution in [0.25, 0.3) is 5.69 Å². The van der Waals surface area contributed by atoms with E-state index >= 15 is 0 Å². The molecule has 1 heterocycles. The fraction of sp³-hybridized carbons (Fsp3) is 0.176. The smallest absolute Gasteiger partial charge is 0.196 e. The van der Waals surface area contributed by atoms with Gasteiger partial charge in [-0.2, -0.15) is 0 Å². The van der Waals surface area contributed by atoms with Crippen LogP contribution in [0.4, 0.5) is 0 Å². The number of rotatable bonds is 7. The number of aromatic nitrogens is 3. The first kappa shape index (κ1) is 17.0. The molecule has 0 saturated carbocycles. The van der Waals surface area contributed by atoms with Gasteiger partial charge in [-0.3, -0.25) is 4.57 Å². The number of aliphatic hydroxyl groups excluding tert-OH is 1. The maximum Gasteiger partial charge on any atom is 0.196 e. The third kappa shape index (κ3) is 4.17. The van der Waals surface area contributed by atoms with Crippen LogP contribution in [-0.2, 0) is 6.61 Å². The normalized spacial score (nSPS) is 10.8. The zero-order valence-corrected chi connectivity index (χ0v) is 15.2. The van der Waals surface area contributed by atoms with Gasteiger partial charge in [0.25, 0.3) is 0 Å². The van der Waals surface area contributed by atoms with E-state index in [2.05, 4.69) is 26.1 Å². The first-order valence-electron chi connectivity index (χ1n) is 7.39. The standard InChI is InChI=1S/C17H16BrN3O2S/c18-13-5-4-8-15(11-13)23-12-16-19-20-17(24-10-9-22)21(16)14-6-2-1-3-7-14/h1-8,11,22H,9-10,12H2. The first-order chi connectivity index (χ1) is 11.8. The molecule has 0 amide bonds. The molecule has 0 spiro atoms. The van der Waals surface area contributed by atoms with E-state index in [9.17, 15) is 0 Å². The molecule has 0 aliphatic rings. The second-order valence-corrected chi connectivity index (χ2v) is 6.87. The summed E-state index contributed by atoms with van der Waals surface area (Å²) in [4.78, 5) is 0. The lowest BCUT2D eigenvalue weighted by molar-refractivity contribution is 0.292. The van der Waals surface area contributed by atoms with E-state index in [4.69, 9.17) is 9.84 Å². The lowest BCUT2D eigenvalue weighted by Gasteiger charge is -2.11. The molecule has 124 valence electrons. The van der Waals surface area contributed by atoms with Gasteiger partial charge in [0.1, 0.15) is 12.4 Å². The summed E-state index contributed by atoms with van der Waals surface area (Å²) < 4.78 is 8.76. The molecule has 1 N–H and O–H groups in total. The summed E-state index contributed by atoms with van der Waals surface area (Å²) in [5, 5.41) is 18.3. The average molecular weight is 406 g/mol. The van der Waals surface area contributed by atoms with Crippen molar-refractivity contribution in [1.29, 1.82) is 0 Å². The Hall–Kier alpha value is -1.83. The molecule has 0 atom stereocenters. The zero-order valence-electron chi connectivity index (χ0n) is 12.8. The van der Waals surface area contributed by atoms with Crippen LogP contribution in [0.3, 0.4) is 0 Å². The monoisotopic (exact) mass is 405 g/mol. The van der Waals surface area contributed by atoms with E-state index in [0.29, 0.717) is 18.2 Å². The highest BCUT2D eigenvalue weighted by atomic mass is 79.9. The molecule has 5 nitrogen and oxygen atoms in total. The molecule has 0 radical (unpaired) electrons. The van der Waals surface area contributed by atoms with Gasteiger partial charge < -0.3 is 9.84 Å². The third-order valence-electron chi connectivity index (χ3n) is 3.20. The molecule has 2 aromatic carbocycles. The number of ether oxygens (including phenoxy) is 1. The third-order valence-corrected chi connectivity index (χ3v) is 4.60. The lowest BCUT2D eigenvalue weighted by atomic mass is 10.3. The van der Waals surface area contributed by atoms with Crippen LogP contribution in [0.5, 0.6) is 5.75 Å². The van der Waals surface area contributed by atoms with E-state index in [0.717, 1.165) is 21.1 Å². The summed E-state index contributed by atoms with van der Waals surface area (Å²) in [5.41, 5.74) is 0.968. The van der Waals surface area contributed by atoms with Crippen LogP contribution in [0.2, 0.25) is 0 Å². The van der Waals surface area contributed by atoms with Gasteiger partial charge in [-0.15, -0.1) is 10.2 Å². The first-order valence-corrected chi connectivity index (χ1v) is 9.17. The highest BCUT2D eigenvalue weighted by Gasteiger charge is 2.14. The number of nitrogens with zero attached hydrogens (tertiary/aromatic N) is 3. The topological polar surface area (TPSA) is 60.2 Å². The van der Waals surface area contributed by atoms with E-state index in [1.165, 1.54) is 11.8 Å². The molecule has 3 aromatic rings. The van der Waals surface area contributed by atoms with Gasteiger partial charge in [-0.1, -0.05) is 52.0 Å². The second-order valence-electron chi connectivity index (χ2n) is 4.89. The Morgan fingerprint density at radius 3 is 2.67 bits per heavy atom. The molecule has 0 aliphatic carbocycles. The fourth-order valence-electron chi connectivity index (χ4n) is 2.17. The predicted octanol–water partition coefficient (Wildman–Crippen LogP) is 3.69. The molecular weight excluding hydrogens is 390 g/mol. The molecule has 0 aliphatic heterocycles. The number of hydrogen-bond acceptors (Lipinski definition) is 5. The van der Waals surface area contributed by atoms with Crippen LogP contribution in [0.15, 0.2) is 64.2 Å². The van der Waals surface area contributed by atoms with Crippen LogP contribution in [0, 0.1) is 0 Å². The zero-order chi connectivity index (χ0) is 16.8. The van der Waals surface area contributed by atoms with Crippen molar-refractivity contribution < 1.29 is 9.84 Å². The number of halogens is 1. The van der Waals surface area contributed by atoms with Crippen molar-refractivity contribution in [2.75, 3.05) is 12.4 Å². The van der Waals surface area contributed by atoms with Gasteiger partial charge in [0, 0.05) is 15.9 Å². The van der Waals surface area contributed by atoms with E-state index in [-0.39, 0.29) is 6.61 Å². The molecule has 0 fully saturated rings. The quantitative estimate of drug-likeness (QED) is 0.607. The highest BCUT2D eigenvalue weighted by molar-refractivity contribution is 9.10. The summed E-state index contributed by atoms with van der Waals surface area (Å²) >= 11 is 4.90. The van der Waals surface area contributed by atoms with Gasteiger partial charge in [-0.25, -0.2) is 0 Å². The molecular formula is C17H16BrN3O2S. The molecule has 24 heavy (non-hydrogen) atoms. The Labute approximate surface area is 152 Å². The summed E-state index contributed by atoms with van der Waals surface area (Å²) in [5.74, 6) is 2.04. The van der Waals surface area contributed by atoms with E-state index in [1.54, 1.807) is 0 Å². The number of hydrogen-bond donors (Lipinski definition) is 1. The number of aliphatic hydroxyl groups is 1. The summed E-state index contributed by atoms with van der Waals surface area (Å²) in [6.07, 6.45) is 0. The summed E-state index contributed by atoms with van der Waals surface area (Å²) in [6, 6.07) is 17.6. The molecule has 1 aromatic heterocycles. The van der Waals surface area contributed by atoms with Gasteiger partial charge in [-0.05, 0) is 30.3 Å². The Kier molecular flexibility index (Phi) is 5.90. The minimum atomic E-state index is 0.0934. The van der Waals surface area contributed by atoms with Crippen molar-refractivity contribution >= 4 is 27.7 Å². The van der Waals surface area contributed by atoms with Gasteiger partial charge in [0.15, 0.2) is 11.0 Å². The molecule has 0 saturated heterocycles. The Morgan fingerprint density at radius 2 is 1.92 bits per heavy atom. The van der Waals surface area contributed by atoms with Crippen LogP contribution in [-0.4, -0.2) is 32.2 Å². The molecule has 7 heteroatoms. The van der Waals surface area contributed by atoms with Gasteiger partial charge in [0.2, 0.25) is 0 Å². The van der Waals surface area contributed by atoms with Crippen molar-refractivity contribution in [3.8, 4) is 11.4 Å². The van der Waals surface area contributed by atoms with E-state index in [1.807, 2.05) is 59.2 Å². The van der Waals surface area contributed by atoms with Crippen molar-refractivity contribution in [2.24, 2.45) is 0 Å². The van der Waals surface area contributed by atoms with Crippen molar-refractivity contribution in [1.82, 2.24) is 14.8 Å². The van der Waals surface area contributed by atoms with Gasteiger partial charge >= 0.3 is 0 Å². The lowest BCUT2D eigenvalue weighted by Crippen LogP contribution is -2.07. The highest BCUT2D eigenvalue weighted by Crippen LogP contribution is 2.23. The number of benzene rings is 2. The predicted molar refractivity (Wildman–Crippen MR) is 97.6 cm³/mol. The van der Waals surface area contributed by atoms with Crippen LogP contribution < -0.4 is 4.74 Å². The molecule has 0 bridgehead atoms. The second kappa shape index (κ2) is 8.32. The average Bonchev–Trinajstić information content (AvgIpc) is 3.02. The van der Waals surface area contributed by atoms with Crippen molar-refractivity contribution in [3.05, 3.63) is 64.9 Å². The largest absolute Gasteiger partial charge is 0.486 e. The summed E-state index contributed by atoms with van der Waals surface area (Å²) in [6.45, 7) is 0.397. The van der Waals surface area contributed by atoms with E-state index < -0.39 is 0 Å². The maximum absolute atomic E-state index is 9.07. The number of para-hydroxylation sites is 1. The maximum atomic E-state index is 9.07. The summed E-state index contributed by atoms with van der Waals surface area (Å²) in [7, 11) is 0. The minimum absolute atomic E-state index is 0.0934. The Balaban J connectivity index is 1.85. The van der Waals surface area contributed by atoms with Crippen molar-refractivity contribution in [2.45, 2.75) is 11.8 Å². The SMILES string of the molecule is OCCSc1nnc(COc2cccc(Br)c2)n1-c1ccccc1. The fourth-order valence-corrected chi connectivity index (χ4v) is 3.26. The molecule has 0 unspecified atom stereocenters. The molecule has 3 rings (SSSR count). The number of thioether (sulfide) groups is 1.